The minimum Gasteiger partial charge on any atom is -0.462 e. The number of nitrogens with one attached hydrogen (secondary N) is 4. The molecule has 4 N–H and O–H groups in total. The highest BCUT2D eigenvalue weighted by Gasteiger charge is 2.30. The van der Waals surface area contributed by atoms with Gasteiger partial charge in [-0.25, -0.2) is 58.3 Å². The number of nitrogens with zero attached hydrogens (tertiary/aromatic N) is 4. The van der Waals surface area contributed by atoms with Crippen LogP contribution in [-0.2, 0) is 37.9 Å². The number of esters is 8. The van der Waals surface area contributed by atoms with Crippen molar-refractivity contribution >= 4 is 93.8 Å². The van der Waals surface area contributed by atoms with Gasteiger partial charge >= 0.3 is 47.8 Å². The number of aliphatic imine (C=N–C) groups is 4. The summed E-state index contributed by atoms with van der Waals surface area (Å²) in [6.45, 7) is 18.4. The van der Waals surface area contributed by atoms with E-state index in [1.807, 2.05) is 0 Å². The molecule has 0 amide bonds. The van der Waals surface area contributed by atoms with Crippen LogP contribution in [0, 0.1) is 0 Å². The van der Waals surface area contributed by atoms with Gasteiger partial charge in [-0.3, -0.25) is 0 Å². The second-order valence-electron chi connectivity index (χ2n) is 33.4. The average molecular weight is 1750 g/mol. The Morgan fingerprint density at radius 1 is 0.183 bits per heavy atom. The first kappa shape index (κ1) is 105. The monoisotopic (exact) mass is 1750 g/mol. The van der Waals surface area contributed by atoms with E-state index < -0.39 is 47.8 Å². The lowest BCUT2D eigenvalue weighted by molar-refractivity contribution is 0.0478. The van der Waals surface area contributed by atoms with Gasteiger partial charge in [-0.05, 0) is 124 Å². The van der Waals surface area contributed by atoms with Gasteiger partial charge in [0.25, 0.3) is 0 Å². The van der Waals surface area contributed by atoms with Crippen molar-refractivity contribution in [1.29, 1.82) is 0 Å². The van der Waals surface area contributed by atoms with Gasteiger partial charge in [0.15, 0.2) is 23.3 Å². The van der Waals surface area contributed by atoms with E-state index in [2.05, 4.69) is 76.7 Å². The molecule has 0 unspecified atom stereocenters. The lowest BCUT2D eigenvalue weighted by atomic mass is 10.1. The second-order valence-corrected chi connectivity index (χ2v) is 33.4. The van der Waals surface area contributed by atoms with Crippen LogP contribution in [0.2, 0.25) is 0 Å². The van der Waals surface area contributed by atoms with Crippen LogP contribution in [-0.4, -0.2) is 124 Å². The number of hydrogen-bond donors (Lipinski definition) is 4. The average Bonchev–Trinajstić information content (AvgIpc) is 1.62. The molecule has 0 saturated carbocycles. The Bertz CT molecular complexity index is 3400. The third kappa shape index (κ3) is 42.2. The molecular formula is C102H152N8O16. The molecule has 4 aromatic rings. The zero-order chi connectivity index (χ0) is 90.4. The summed E-state index contributed by atoms with van der Waals surface area (Å²) in [6, 6.07) is 18.0. The molecule has 4 aromatic carbocycles. The standard InChI is InChI=1S/C102H152N8O16/c1-9-17-25-33-41-49-57-119-95(111)77-65-78(96(112)120-58-50-42-34-26-18-10-2)70-85(69-77)103-89-90(104-86-71-79(97(113)121-59-51-43-35-27-19-11-3)66-80(72-86)98(114)122-60-52-44-36-28-20-12-4)108-93(107-89)94-109-91(105-87-73-81(99(115)123-61-53-45-37-29-21-13-5)67-82(74-87)100(116)124-62-54-46-38-30-22-14-6)92(110-94)106-88-75-83(101(117)125-63-55-47-39-31-23-15-7)68-84(76-88)102(118)126-64-56-48-40-32-24-16-8/h65-76H,9-64H2,1-8H3,(H,103,107)(H,104,108)(H,105,109)(H,106,110). The summed E-state index contributed by atoms with van der Waals surface area (Å²) in [5, 5.41) is 13.3. The lowest BCUT2D eigenvalue weighted by Gasteiger charge is -2.15. The molecule has 2 heterocycles. The highest BCUT2D eigenvalue weighted by molar-refractivity contribution is 6.51. The van der Waals surface area contributed by atoms with E-state index in [0.29, 0.717) is 51.4 Å². The Morgan fingerprint density at radius 3 is 0.429 bits per heavy atom. The quantitative estimate of drug-likeness (QED) is 0.0181. The van der Waals surface area contributed by atoms with Crippen molar-refractivity contribution < 1.29 is 76.3 Å². The van der Waals surface area contributed by atoms with E-state index in [9.17, 15) is 38.4 Å². The van der Waals surface area contributed by atoms with Crippen LogP contribution in [0.3, 0.4) is 0 Å². The van der Waals surface area contributed by atoms with Crippen LogP contribution >= 0.6 is 0 Å². The Kier molecular flexibility index (Phi) is 54.1. The van der Waals surface area contributed by atoms with Crippen LogP contribution in [0.4, 0.5) is 22.7 Å². The van der Waals surface area contributed by atoms with Gasteiger partial charge in [-0.15, -0.1) is 0 Å². The number of amidine groups is 4. The number of carbonyl (C=O) groups is 8. The van der Waals surface area contributed by atoms with Crippen molar-refractivity contribution in [2.45, 2.75) is 364 Å². The Morgan fingerprint density at radius 2 is 0.302 bits per heavy atom. The predicted molar refractivity (Wildman–Crippen MR) is 506 cm³/mol. The van der Waals surface area contributed by atoms with Gasteiger partial charge < -0.3 is 59.2 Å². The van der Waals surface area contributed by atoms with Crippen molar-refractivity contribution in [2.24, 2.45) is 20.0 Å². The summed E-state index contributed by atoms with van der Waals surface area (Å²) in [7, 11) is 0. The maximum Gasteiger partial charge on any atom is 0.338 e. The highest BCUT2D eigenvalue weighted by Crippen LogP contribution is 2.30. The van der Waals surface area contributed by atoms with Crippen molar-refractivity contribution in [3.8, 4) is 0 Å². The van der Waals surface area contributed by atoms with Gasteiger partial charge in [0.05, 0.1) is 97.4 Å². The molecule has 0 aromatic heterocycles. The van der Waals surface area contributed by atoms with E-state index in [-0.39, 0.29) is 155 Å². The first-order valence-electron chi connectivity index (χ1n) is 48.7. The molecule has 126 heavy (non-hydrogen) atoms. The summed E-state index contributed by atoms with van der Waals surface area (Å²) >= 11 is 0. The number of benzene rings is 4. The van der Waals surface area contributed by atoms with Gasteiger partial charge in [0.2, 0.25) is 11.6 Å². The normalized spacial score (nSPS) is 12.3. The Hall–Kier alpha value is -9.74. The van der Waals surface area contributed by atoms with Crippen molar-refractivity contribution in [3.63, 3.8) is 0 Å². The minimum atomic E-state index is -0.674. The fourth-order valence-corrected chi connectivity index (χ4v) is 14.6. The van der Waals surface area contributed by atoms with Gasteiger partial charge in [0, 0.05) is 22.7 Å². The Labute approximate surface area is 752 Å². The number of rotatable bonds is 68. The maximum atomic E-state index is 14.3. The highest BCUT2D eigenvalue weighted by atomic mass is 16.6. The Balaban J connectivity index is 1.59. The smallest absolute Gasteiger partial charge is 0.338 e. The van der Waals surface area contributed by atoms with Crippen LogP contribution < -0.4 is 21.3 Å². The summed E-state index contributed by atoms with van der Waals surface area (Å²) in [5.41, 5.74) is 1.08. The van der Waals surface area contributed by atoms with Crippen molar-refractivity contribution in [3.05, 3.63) is 129 Å². The van der Waals surface area contributed by atoms with E-state index in [1.54, 1.807) is 0 Å². The van der Waals surface area contributed by atoms with Crippen LogP contribution in [0.25, 0.3) is 0 Å². The fourth-order valence-electron chi connectivity index (χ4n) is 14.6. The van der Waals surface area contributed by atoms with Crippen LogP contribution in [0.5, 0.6) is 0 Å². The number of hydrogen-bond acceptors (Lipinski definition) is 24. The lowest BCUT2D eigenvalue weighted by Crippen LogP contribution is -2.28. The molecule has 24 heteroatoms. The van der Waals surface area contributed by atoms with Gasteiger partial charge in [0.1, 0.15) is 0 Å². The third-order valence-electron chi connectivity index (χ3n) is 22.0. The molecule has 2 aliphatic heterocycles. The molecule has 2 aliphatic rings. The van der Waals surface area contributed by atoms with Crippen molar-refractivity contribution in [2.75, 3.05) is 74.1 Å². The largest absolute Gasteiger partial charge is 0.462 e. The van der Waals surface area contributed by atoms with E-state index in [1.165, 1.54) is 72.8 Å². The molecule has 696 valence electrons. The first-order valence-corrected chi connectivity index (χ1v) is 48.7. The number of unbranched alkanes of at least 4 members (excludes halogenated alkanes) is 40. The third-order valence-corrected chi connectivity index (χ3v) is 22.0. The summed E-state index contributed by atoms with van der Waals surface area (Å²) in [6.07, 6.45) is 46.2. The SMILES string of the molecule is CCCCCCCCOC(=O)c1cc(NC2=NC(=C3N=C(Nc4cc(C(=O)OCCCCCCCC)cc(C(=O)OCCCCCCCC)c4)C(Nc4cc(C(=O)OCCCCCCCC)cc(C(=O)OCCCCCCCC)c4)=N3)N=C2Nc2cc(C(=O)OCCCCCCCC)cc(C(=O)OCCCCCCCC)c2)cc(C(=O)OCCCCCCCC)c1. The number of ether oxygens (including phenoxy) is 8. The predicted octanol–water partition coefficient (Wildman–Crippen LogP) is 26.3. The van der Waals surface area contributed by atoms with E-state index >= 15 is 0 Å². The summed E-state index contributed by atoms with van der Waals surface area (Å²) in [4.78, 5) is 135. The molecular weight excluding hydrogens is 1590 g/mol. The molecule has 0 saturated heterocycles. The molecule has 0 fully saturated rings. The molecule has 0 bridgehead atoms. The molecule has 0 radical (unpaired) electrons. The molecule has 24 nitrogen and oxygen atoms in total. The second kappa shape index (κ2) is 64.9. The number of carbonyl (C=O) groups excluding carboxylic acids is 8. The minimum absolute atomic E-state index is 0.0290. The summed E-state index contributed by atoms with van der Waals surface area (Å²) < 4.78 is 47.2. The zero-order valence-corrected chi connectivity index (χ0v) is 77.8. The molecule has 0 atom stereocenters. The van der Waals surface area contributed by atoms with Crippen molar-refractivity contribution in [1.82, 2.24) is 0 Å². The summed E-state index contributed by atoms with van der Waals surface area (Å²) in [5.74, 6) is -5.80. The fraction of sp³-hybridized carbons (Fsp3) is 0.627. The van der Waals surface area contributed by atoms with E-state index in [4.69, 9.17) is 57.9 Å². The van der Waals surface area contributed by atoms with Gasteiger partial charge in [-0.1, -0.05) is 312 Å². The van der Waals surface area contributed by atoms with Crippen LogP contribution in [0.15, 0.2) is 104 Å². The zero-order valence-electron chi connectivity index (χ0n) is 77.8. The molecule has 0 spiro atoms. The van der Waals surface area contributed by atoms with E-state index in [0.717, 1.165) is 257 Å². The number of anilines is 4. The first-order chi connectivity index (χ1) is 61.5. The van der Waals surface area contributed by atoms with Crippen LogP contribution in [0.1, 0.15) is 446 Å². The maximum absolute atomic E-state index is 14.3. The van der Waals surface area contributed by atoms with Gasteiger partial charge in [-0.2, -0.15) is 0 Å². The topological polar surface area (TPSA) is 308 Å². The molecule has 6 rings (SSSR count). The molecule has 0 aliphatic carbocycles.